The van der Waals surface area contributed by atoms with Gasteiger partial charge in [-0.25, -0.2) is 9.13 Å². The molecular weight excluding hydrogens is 1310 g/mol. The maximum atomic E-state index is 13.1. The zero-order valence-corrected chi connectivity index (χ0v) is 64.6. The van der Waals surface area contributed by atoms with E-state index in [4.69, 9.17) is 37.0 Å². The highest BCUT2D eigenvalue weighted by molar-refractivity contribution is 7.47. The first-order chi connectivity index (χ1) is 48.7. The predicted octanol–water partition coefficient (Wildman–Crippen LogP) is 22.6. The highest BCUT2D eigenvalue weighted by atomic mass is 31.2. The summed E-state index contributed by atoms with van der Waals surface area (Å²) in [7, 11) is -9.97. The van der Waals surface area contributed by atoms with Crippen molar-refractivity contribution in [3.63, 3.8) is 0 Å². The standard InChI is InChI=1S/C81H140O17P2/c1-5-9-13-17-21-25-29-33-36-37-40-43-46-50-54-58-62-66-79(84)92-72-77(98-81(86)68-64-60-56-52-48-44-39-35-31-27-23-19-15-11-7-3)74-96-100(89,90)94-70-75(82)69-93-99(87,88)95-73-76(97-80(85)67-63-59-55-51-47-41-32-28-24-20-16-12-8-4)71-91-78(83)65-61-57-53-49-45-42-38-34-30-26-22-18-14-10-6-2/h9,13,21,23,25,27-28,32-36,38-40,43,50,54,75-77,82H,5-8,10-12,14-20,22,24,26,29-31,37,41-42,44-49,51-53,55-74H2,1-4H3,(H,87,88)(H,89,90)/b13-9-,25-21-,27-23-,32-28-,36-33-,38-34-,39-35-,43-40-,54-50-. The zero-order chi connectivity index (χ0) is 73.2. The average molecular weight is 1450 g/mol. The molecule has 5 atom stereocenters. The summed E-state index contributed by atoms with van der Waals surface area (Å²) in [5.74, 6) is -2.27. The van der Waals surface area contributed by atoms with Crippen LogP contribution in [0, 0.1) is 0 Å². The van der Waals surface area contributed by atoms with E-state index in [-0.39, 0.29) is 25.7 Å². The summed E-state index contributed by atoms with van der Waals surface area (Å²) in [6.45, 7) is 4.63. The SMILES string of the molecule is CC/C=C\C/C=C\C/C=C\C/C=C\C/C=C\CCCC(=O)OCC(COP(=O)(O)OCC(O)COP(=O)(O)OCC(COC(=O)CCCCCCC/C=C\CCCCCCCC)OC(=O)CCCCCCC/C=C\CCCCCC)OC(=O)CCCCCCC/C=C\C/C=C\CCCCC. The first-order valence-electron chi connectivity index (χ1n) is 39.1. The summed E-state index contributed by atoms with van der Waals surface area (Å²) in [4.78, 5) is 72.9. The van der Waals surface area contributed by atoms with Gasteiger partial charge in [0.2, 0.25) is 0 Å². The molecule has 100 heavy (non-hydrogen) atoms. The Morgan fingerprint density at radius 2 is 0.530 bits per heavy atom. The molecule has 0 saturated heterocycles. The van der Waals surface area contributed by atoms with Gasteiger partial charge in [-0.2, -0.15) is 0 Å². The molecule has 0 aliphatic rings. The number of phosphoric ester groups is 2. The summed E-state index contributed by atoms with van der Waals surface area (Å²) in [5.41, 5.74) is 0. The molecule has 0 heterocycles. The fourth-order valence-corrected chi connectivity index (χ4v) is 11.8. The molecule has 0 amide bonds. The molecule has 0 radical (unpaired) electrons. The van der Waals surface area contributed by atoms with Gasteiger partial charge in [-0.3, -0.25) is 37.3 Å². The van der Waals surface area contributed by atoms with Gasteiger partial charge in [0.15, 0.2) is 12.2 Å². The van der Waals surface area contributed by atoms with E-state index in [1.54, 1.807) is 0 Å². The van der Waals surface area contributed by atoms with Crippen molar-refractivity contribution in [3.8, 4) is 0 Å². The molecule has 17 nitrogen and oxygen atoms in total. The number of hydrogen-bond donors (Lipinski definition) is 3. The first-order valence-corrected chi connectivity index (χ1v) is 42.1. The molecule has 0 fully saturated rings. The van der Waals surface area contributed by atoms with E-state index in [1.165, 1.54) is 83.5 Å². The van der Waals surface area contributed by atoms with Gasteiger partial charge in [-0.05, 0) is 148 Å². The molecule has 3 N–H and O–H groups in total. The summed E-state index contributed by atoms with van der Waals surface area (Å²) in [5, 5.41) is 10.6. The molecule has 0 aromatic rings. The summed E-state index contributed by atoms with van der Waals surface area (Å²) in [6, 6.07) is 0. The van der Waals surface area contributed by atoms with Crippen LogP contribution in [0.2, 0.25) is 0 Å². The van der Waals surface area contributed by atoms with Gasteiger partial charge in [0.25, 0.3) is 0 Å². The number of aliphatic hydroxyl groups is 1. The molecule has 19 heteroatoms. The average Bonchev–Trinajstić information content (AvgIpc) is 1.06. The second-order valence-corrected chi connectivity index (χ2v) is 28.8. The molecule has 5 unspecified atom stereocenters. The van der Waals surface area contributed by atoms with E-state index < -0.39 is 97.5 Å². The maximum absolute atomic E-state index is 13.1. The second-order valence-electron chi connectivity index (χ2n) is 25.9. The molecule has 0 aliphatic carbocycles. The fourth-order valence-electron chi connectivity index (χ4n) is 10.2. The summed E-state index contributed by atoms with van der Waals surface area (Å²) in [6.07, 6.45) is 77.9. The molecule has 0 saturated carbocycles. The van der Waals surface area contributed by atoms with Crippen LogP contribution in [0.1, 0.15) is 323 Å². The number of phosphoric acid groups is 2. The van der Waals surface area contributed by atoms with Crippen LogP contribution < -0.4 is 0 Å². The van der Waals surface area contributed by atoms with Crippen molar-refractivity contribution in [2.75, 3.05) is 39.6 Å². The predicted molar refractivity (Wildman–Crippen MR) is 408 cm³/mol. The number of rotatable bonds is 73. The minimum absolute atomic E-state index is 0.0652. The number of allylic oxidation sites excluding steroid dienone is 18. The highest BCUT2D eigenvalue weighted by Gasteiger charge is 2.30. The molecule has 0 rings (SSSR count). The van der Waals surface area contributed by atoms with Crippen molar-refractivity contribution in [1.29, 1.82) is 0 Å². The van der Waals surface area contributed by atoms with E-state index in [0.29, 0.717) is 32.1 Å². The Balaban J connectivity index is 5.41. The molecule has 0 aliphatic heterocycles. The van der Waals surface area contributed by atoms with Crippen LogP contribution in [-0.2, 0) is 65.4 Å². The first kappa shape index (κ1) is 95.7. The monoisotopic (exact) mass is 1450 g/mol. The van der Waals surface area contributed by atoms with Crippen LogP contribution in [0.4, 0.5) is 0 Å². The third-order valence-electron chi connectivity index (χ3n) is 16.2. The van der Waals surface area contributed by atoms with Crippen molar-refractivity contribution in [2.45, 2.75) is 341 Å². The number of ether oxygens (including phenoxy) is 4. The minimum atomic E-state index is -4.99. The number of aliphatic hydroxyl groups excluding tert-OH is 1. The van der Waals surface area contributed by atoms with Crippen molar-refractivity contribution in [3.05, 3.63) is 109 Å². The van der Waals surface area contributed by atoms with Gasteiger partial charge in [0.05, 0.1) is 26.4 Å². The quantitative estimate of drug-likeness (QED) is 0.0169. The van der Waals surface area contributed by atoms with E-state index in [9.17, 15) is 43.2 Å². The van der Waals surface area contributed by atoms with Gasteiger partial charge in [0.1, 0.15) is 19.3 Å². The van der Waals surface area contributed by atoms with Crippen LogP contribution in [0.15, 0.2) is 109 Å². The van der Waals surface area contributed by atoms with Gasteiger partial charge >= 0.3 is 39.5 Å². The van der Waals surface area contributed by atoms with Crippen LogP contribution >= 0.6 is 15.6 Å². The van der Waals surface area contributed by atoms with Crippen molar-refractivity contribution >= 4 is 39.5 Å². The van der Waals surface area contributed by atoms with Gasteiger partial charge in [-0.15, -0.1) is 0 Å². The van der Waals surface area contributed by atoms with E-state index in [1.807, 2.05) is 12.2 Å². The Labute approximate surface area is 607 Å². The second kappa shape index (κ2) is 73.0. The lowest BCUT2D eigenvalue weighted by Gasteiger charge is -2.21. The highest BCUT2D eigenvalue weighted by Crippen LogP contribution is 2.45. The summed E-state index contributed by atoms with van der Waals surface area (Å²) >= 11 is 0. The third kappa shape index (κ3) is 72.1. The molecule has 0 aromatic heterocycles. The maximum Gasteiger partial charge on any atom is 0.472 e. The largest absolute Gasteiger partial charge is 0.472 e. The minimum Gasteiger partial charge on any atom is -0.462 e. The van der Waals surface area contributed by atoms with Crippen LogP contribution in [0.25, 0.3) is 0 Å². The molecule has 0 bridgehead atoms. The lowest BCUT2D eigenvalue weighted by molar-refractivity contribution is -0.161. The Morgan fingerprint density at radius 3 is 0.880 bits per heavy atom. The van der Waals surface area contributed by atoms with E-state index in [2.05, 4.69) is 125 Å². The third-order valence-corrected chi connectivity index (χ3v) is 18.1. The number of esters is 4. The lowest BCUT2D eigenvalue weighted by atomic mass is 10.1. The molecule has 0 aromatic carbocycles. The Morgan fingerprint density at radius 1 is 0.290 bits per heavy atom. The Kier molecular flexibility index (Phi) is 69.9. The number of unbranched alkanes of at least 4 members (excludes halogenated alkanes) is 29. The number of carbonyl (C=O) groups is 4. The van der Waals surface area contributed by atoms with Gasteiger partial charge in [0, 0.05) is 25.7 Å². The molecule has 576 valence electrons. The van der Waals surface area contributed by atoms with Crippen LogP contribution in [-0.4, -0.2) is 96.7 Å². The Hall–Kier alpha value is -4.28. The normalized spacial score (nSPS) is 14.5. The van der Waals surface area contributed by atoms with E-state index >= 15 is 0 Å². The number of hydrogen-bond acceptors (Lipinski definition) is 15. The van der Waals surface area contributed by atoms with Crippen molar-refractivity contribution in [2.24, 2.45) is 0 Å². The van der Waals surface area contributed by atoms with Crippen molar-refractivity contribution < 1.29 is 80.2 Å². The topological polar surface area (TPSA) is 237 Å². The van der Waals surface area contributed by atoms with Crippen LogP contribution in [0.5, 0.6) is 0 Å². The lowest BCUT2D eigenvalue weighted by Crippen LogP contribution is -2.30. The molecule has 0 spiro atoms. The van der Waals surface area contributed by atoms with Crippen LogP contribution in [0.3, 0.4) is 0 Å². The van der Waals surface area contributed by atoms with Crippen molar-refractivity contribution in [1.82, 2.24) is 0 Å². The summed E-state index contributed by atoms with van der Waals surface area (Å²) < 4.78 is 68.5. The van der Waals surface area contributed by atoms with Gasteiger partial charge in [-0.1, -0.05) is 259 Å². The zero-order valence-electron chi connectivity index (χ0n) is 62.8. The fraction of sp³-hybridized carbons (Fsp3) is 0.728. The van der Waals surface area contributed by atoms with E-state index in [0.717, 1.165) is 154 Å². The smallest absolute Gasteiger partial charge is 0.462 e. The Bertz CT molecular complexity index is 2320. The number of carbonyl (C=O) groups excluding carboxylic acids is 4. The molecular formula is C81H140O17P2. The van der Waals surface area contributed by atoms with Gasteiger partial charge < -0.3 is 33.8 Å².